The molecule has 0 radical (unpaired) electrons. The Balaban J connectivity index is 0.00000320. The largest absolute Gasteiger partial charge is 0.319 e. The van der Waals surface area contributed by atoms with Crippen LogP contribution in [0.4, 0.5) is 10.1 Å². The molecular formula is C27H25Cl2FN2O4S. The van der Waals surface area contributed by atoms with Crippen LogP contribution < -0.4 is 10.6 Å². The molecule has 0 spiro atoms. The number of anilines is 1. The number of amides is 1. The summed E-state index contributed by atoms with van der Waals surface area (Å²) < 4.78 is 41.1. The van der Waals surface area contributed by atoms with Gasteiger partial charge in [-0.2, -0.15) is 0 Å². The number of hydrogen-bond donors (Lipinski definition) is 1. The summed E-state index contributed by atoms with van der Waals surface area (Å²) >= 11 is 5.96. The SMILES string of the molecule is Cl.N[C@H]1CS(=O)(=O)c2cc(F)c(C(=O)C[C@H]3C[C@@H]3c3ccccc3)cc2N(Cc2ccc(Cl)cc2)C1=O. The fourth-order valence-corrected chi connectivity index (χ4v) is 6.49. The second-order valence-corrected chi connectivity index (χ2v) is 11.8. The van der Waals surface area contributed by atoms with Crippen molar-refractivity contribution in [3.8, 4) is 0 Å². The van der Waals surface area contributed by atoms with Gasteiger partial charge in [-0.25, -0.2) is 12.8 Å². The van der Waals surface area contributed by atoms with Crippen molar-refractivity contribution in [3.05, 3.63) is 94.3 Å². The van der Waals surface area contributed by atoms with Crippen LogP contribution in [0.2, 0.25) is 5.02 Å². The summed E-state index contributed by atoms with van der Waals surface area (Å²) in [5.74, 6) is -2.30. The van der Waals surface area contributed by atoms with Gasteiger partial charge in [-0.05, 0) is 53.6 Å². The fraction of sp³-hybridized carbons (Fsp3) is 0.259. The third-order valence-electron chi connectivity index (χ3n) is 6.81. The fourth-order valence-electron chi connectivity index (χ4n) is 4.80. The minimum Gasteiger partial charge on any atom is -0.319 e. The second-order valence-electron chi connectivity index (χ2n) is 9.38. The van der Waals surface area contributed by atoms with E-state index >= 15 is 4.39 Å². The van der Waals surface area contributed by atoms with Crippen LogP contribution >= 0.6 is 24.0 Å². The summed E-state index contributed by atoms with van der Waals surface area (Å²) in [5.41, 5.74) is 7.47. The number of fused-ring (bicyclic) bond motifs is 1. The van der Waals surface area contributed by atoms with Crippen LogP contribution in [0.5, 0.6) is 0 Å². The molecule has 3 aromatic rings. The molecule has 0 bridgehead atoms. The highest BCUT2D eigenvalue weighted by atomic mass is 35.5. The standard InChI is InChI=1S/C27H24ClFN2O4S.ClH/c28-19-8-6-16(7-9-19)14-31-24-12-21(22(29)13-26(24)36(34,35)15-23(30)27(31)33)25(32)11-18-10-20(18)17-4-2-1-3-5-17;/h1-9,12-13,18,20,23H,10-11,14-15,30H2;1H/t18-,20-,23+;/m1./s1. The smallest absolute Gasteiger partial charge is 0.245 e. The molecule has 194 valence electrons. The first-order valence-corrected chi connectivity index (χ1v) is 13.6. The maximum absolute atomic E-state index is 15.2. The number of carbonyl (C=O) groups excluding carboxylic acids is 2. The molecule has 3 aromatic carbocycles. The lowest BCUT2D eigenvalue weighted by atomic mass is 10.0. The highest BCUT2D eigenvalue weighted by molar-refractivity contribution is 7.91. The van der Waals surface area contributed by atoms with E-state index in [1.807, 2.05) is 30.3 Å². The van der Waals surface area contributed by atoms with Crippen LogP contribution in [0.25, 0.3) is 0 Å². The van der Waals surface area contributed by atoms with Gasteiger partial charge in [0.25, 0.3) is 0 Å². The minimum atomic E-state index is -4.07. The topological polar surface area (TPSA) is 97.5 Å². The van der Waals surface area contributed by atoms with Gasteiger partial charge in [-0.15, -0.1) is 12.4 Å². The second kappa shape index (κ2) is 10.5. The molecule has 0 unspecified atom stereocenters. The lowest BCUT2D eigenvalue weighted by Crippen LogP contribution is -2.45. The molecule has 1 aliphatic heterocycles. The number of halogens is 3. The Bertz CT molecular complexity index is 1450. The summed E-state index contributed by atoms with van der Waals surface area (Å²) in [6.07, 6.45) is 0.958. The first-order valence-electron chi connectivity index (χ1n) is 11.6. The van der Waals surface area contributed by atoms with Crippen molar-refractivity contribution in [2.24, 2.45) is 11.7 Å². The van der Waals surface area contributed by atoms with Crippen molar-refractivity contribution < 1.29 is 22.4 Å². The van der Waals surface area contributed by atoms with Crippen molar-refractivity contribution in [2.45, 2.75) is 36.2 Å². The highest BCUT2D eigenvalue weighted by Gasteiger charge is 2.41. The van der Waals surface area contributed by atoms with E-state index < -0.39 is 39.1 Å². The lowest BCUT2D eigenvalue weighted by molar-refractivity contribution is -0.119. The Morgan fingerprint density at radius 3 is 2.43 bits per heavy atom. The van der Waals surface area contributed by atoms with E-state index in [1.165, 1.54) is 11.0 Å². The third-order valence-corrected chi connectivity index (χ3v) is 8.86. The zero-order valence-corrected chi connectivity index (χ0v) is 22.0. The average molecular weight is 563 g/mol. The number of rotatable bonds is 6. The molecule has 1 fully saturated rings. The number of ketones is 1. The zero-order chi connectivity index (χ0) is 25.6. The number of hydrogen-bond acceptors (Lipinski definition) is 5. The van der Waals surface area contributed by atoms with Crippen molar-refractivity contribution >= 4 is 51.2 Å². The third kappa shape index (κ3) is 5.57. The van der Waals surface area contributed by atoms with Gasteiger partial charge >= 0.3 is 0 Å². The molecule has 2 aliphatic rings. The van der Waals surface area contributed by atoms with E-state index in [9.17, 15) is 18.0 Å². The lowest BCUT2D eigenvalue weighted by Gasteiger charge is -2.25. The number of nitrogens with two attached hydrogens (primary N) is 1. The molecule has 1 heterocycles. The molecule has 2 N–H and O–H groups in total. The Hall–Kier alpha value is -2.78. The Kier molecular flexibility index (Phi) is 7.76. The molecule has 0 aromatic heterocycles. The Morgan fingerprint density at radius 1 is 1.08 bits per heavy atom. The minimum absolute atomic E-state index is 0. The van der Waals surface area contributed by atoms with Crippen LogP contribution in [0.1, 0.15) is 40.2 Å². The maximum Gasteiger partial charge on any atom is 0.245 e. The number of sulfone groups is 1. The van der Waals surface area contributed by atoms with Crippen molar-refractivity contribution in [1.82, 2.24) is 0 Å². The number of benzene rings is 3. The molecule has 0 saturated heterocycles. The van der Waals surface area contributed by atoms with Gasteiger partial charge in [-0.1, -0.05) is 54.1 Å². The summed E-state index contributed by atoms with van der Waals surface area (Å²) in [6, 6.07) is 17.2. The van der Waals surface area contributed by atoms with Gasteiger partial charge in [0.1, 0.15) is 5.82 Å². The van der Waals surface area contributed by atoms with Gasteiger partial charge in [0.2, 0.25) is 5.91 Å². The molecule has 5 rings (SSSR count). The molecule has 1 saturated carbocycles. The summed E-state index contributed by atoms with van der Waals surface area (Å²) in [6.45, 7) is -0.00973. The molecule has 6 nitrogen and oxygen atoms in total. The summed E-state index contributed by atoms with van der Waals surface area (Å²) in [5, 5.41) is 0.504. The van der Waals surface area contributed by atoms with Crippen molar-refractivity contribution in [1.29, 1.82) is 0 Å². The van der Waals surface area contributed by atoms with Crippen LogP contribution in [-0.4, -0.2) is 31.9 Å². The normalized spacial score (nSPS) is 22.0. The quantitative estimate of drug-likeness (QED) is 0.430. The van der Waals surface area contributed by atoms with E-state index in [-0.39, 0.29) is 53.4 Å². The number of nitrogens with zero attached hydrogens (tertiary/aromatic N) is 1. The molecule has 3 atom stereocenters. The zero-order valence-electron chi connectivity index (χ0n) is 19.6. The van der Waals surface area contributed by atoms with E-state index in [0.29, 0.717) is 10.6 Å². The predicted octanol–water partition coefficient (Wildman–Crippen LogP) is 4.93. The first kappa shape index (κ1) is 27.3. The van der Waals surface area contributed by atoms with Gasteiger partial charge in [-0.3, -0.25) is 9.59 Å². The van der Waals surface area contributed by atoms with Crippen molar-refractivity contribution in [3.63, 3.8) is 0 Å². The maximum atomic E-state index is 15.2. The predicted molar refractivity (Wildman–Crippen MR) is 143 cm³/mol. The monoisotopic (exact) mass is 562 g/mol. The van der Waals surface area contributed by atoms with Gasteiger partial charge in [0.05, 0.1) is 34.5 Å². The number of carbonyl (C=O) groups is 2. The van der Waals surface area contributed by atoms with E-state index in [2.05, 4.69) is 0 Å². The molecule has 1 aliphatic carbocycles. The van der Waals surface area contributed by atoms with Gasteiger partial charge < -0.3 is 10.6 Å². The summed E-state index contributed by atoms with van der Waals surface area (Å²) in [7, 11) is -4.07. The van der Waals surface area contributed by atoms with Crippen LogP contribution in [0.3, 0.4) is 0 Å². The van der Waals surface area contributed by atoms with Gasteiger partial charge in [0, 0.05) is 11.4 Å². The molecular weight excluding hydrogens is 538 g/mol. The van der Waals surface area contributed by atoms with E-state index in [1.54, 1.807) is 24.3 Å². The van der Waals surface area contributed by atoms with E-state index in [0.717, 1.165) is 18.1 Å². The summed E-state index contributed by atoms with van der Waals surface area (Å²) in [4.78, 5) is 27.2. The molecule has 10 heteroatoms. The molecule has 37 heavy (non-hydrogen) atoms. The Labute approximate surface area is 225 Å². The Morgan fingerprint density at radius 2 is 1.76 bits per heavy atom. The van der Waals surface area contributed by atoms with Crippen molar-refractivity contribution in [2.75, 3.05) is 10.7 Å². The average Bonchev–Trinajstić information content (AvgIpc) is 3.62. The molecule has 1 amide bonds. The van der Waals surface area contributed by atoms with Crippen LogP contribution in [0.15, 0.2) is 71.6 Å². The van der Waals surface area contributed by atoms with Crippen LogP contribution in [-0.2, 0) is 21.2 Å². The highest BCUT2D eigenvalue weighted by Crippen LogP contribution is 2.50. The first-order chi connectivity index (χ1) is 17.1. The van der Waals surface area contributed by atoms with Gasteiger partial charge in [0.15, 0.2) is 15.6 Å². The van der Waals surface area contributed by atoms with Crippen LogP contribution in [0, 0.1) is 11.7 Å². The van der Waals surface area contributed by atoms with E-state index in [4.69, 9.17) is 17.3 Å². The number of Topliss-reactive ketones (excluding diaryl/α,β-unsaturated/α-hetero) is 1.